The van der Waals surface area contributed by atoms with Crippen LogP contribution < -0.4 is 10.5 Å². The molecule has 0 atom stereocenters. The van der Waals surface area contributed by atoms with E-state index in [4.69, 9.17) is 15.2 Å². The largest absolute Gasteiger partial charge is 0.491 e. The van der Waals surface area contributed by atoms with E-state index in [0.29, 0.717) is 19.1 Å². The second-order valence-electron chi connectivity index (χ2n) is 4.61. The molecular weight excluding hydrogens is 214 g/mol. The molecule has 1 rings (SSSR count). The Morgan fingerprint density at radius 2 is 1.94 bits per heavy atom. The zero-order chi connectivity index (χ0) is 12.7. The van der Waals surface area contributed by atoms with E-state index in [9.17, 15) is 0 Å². The lowest BCUT2D eigenvalue weighted by Gasteiger charge is -2.11. The van der Waals surface area contributed by atoms with Gasteiger partial charge in [0.05, 0.1) is 6.61 Å². The van der Waals surface area contributed by atoms with Gasteiger partial charge in [-0.3, -0.25) is 0 Å². The van der Waals surface area contributed by atoms with Crippen LogP contribution in [0.4, 0.5) is 5.69 Å². The van der Waals surface area contributed by atoms with Gasteiger partial charge in [-0.2, -0.15) is 0 Å². The van der Waals surface area contributed by atoms with Gasteiger partial charge in [-0.25, -0.2) is 0 Å². The summed E-state index contributed by atoms with van der Waals surface area (Å²) in [4.78, 5) is 0. The van der Waals surface area contributed by atoms with Crippen LogP contribution in [0.3, 0.4) is 0 Å². The minimum absolute atomic E-state index is 0.572. The van der Waals surface area contributed by atoms with Crippen molar-refractivity contribution in [3.05, 3.63) is 23.8 Å². The standard InChI is InChI=1S/C14H23NO2/c1-11(2)7-8-16-9-10-17-14-6-4-5-13(15)12(14)3/h4-6,11H,7-10,15H2,1-3H3. The van der Waals surface area contributed by atoms with E-state index >= 15 is 0 Å². The van der Waals surface area contributed by atoms with Gasteiger partial charge in [-0.05, 0) is 31.4 Å². The minimum atomic E-state index is 0.572. The van der Waals surface area contributed by atoms with E-state index < -0.39 is 0 Å². The molecule has 0 fully saturated rings. The summed E-state index contributed by atoms with van der Waals surface area (Å²) in [7, 11) is 0. The van der Waals surface area contributed by atoms with E-state index in [2.05, 4.69) is 13.8 Å². The van der Waals surface area contributed by atoms with Crippen molar-refractivity contribution in [3.8, 4) is 5.75 Å². The Bertz CT molecular complexity index is 337. The summed E-state index contributed by atoms with van der Waals surface area (Å²) in [6.45, 7) is 8.34. The molecule has 96 valence electrons. The van der Waals surface area contributed by atoms with Crippen LogP contribution in [0.1, 0.15) is 25.8 Å². The molecule has 0 heterocycles. The van der Waals surface area contributed by atoms with Crippen LogP contribution in [0.15, 0.2) is 18.2 Å². The number of rotatable bonds is 7. The number of benzene rings is 1. The maximum Gasteiger partial charge on any atom is 0.124 e. The Labute approximate surface area is 104 Å². The lowest BCUT2D eigenvalue weighted by molar-refractivity contribution is 0.0924. The van der Waals surface area contributed by atoms with Crippen LogP contribution in [-0.4, -0.2) is 19.8 Å². The molecule has 0 spiro atoms. The molecule has 0 aliphatic carbocycles. The molecule has 2 N–H and O–H groups in total. The molecule has 0 aliphatic heterocycles. The Morgan fingerprint density at radius 1 is 1.18 bits per heavy atom. The summed E-state index contributed by atoms with van der Waals surface area (Å²) in [5, 5.41) is 0. The molecule has 1 aromatic carbocycles. The molecule has 3 nitrogen and oxygen atoms in total. The van der Waals surface area contributed by atoms with Gasteiger partial charge in [0.25, 0.3) is 0 Å². The maximum atomic E-state index is 5.79. The lowest BCUT2D eigenvalue weighted by Crippen LogP contribution is -2.09. The van der Waals surface area contributed by atoms with Gasteiger partial charge in [-0.1, -0.05) is 19.9 Å². The zero-order valence-electron chi connectivity index (χ0n) is 11.0. The van der Waals surface area contributed by atoms with E-state index in [-0.39, 0.29) is 0 Å². The second-order valence-corrected chi connectivity index (χ2v) is 4.61. The van der Waals surface area contributed by atoms with Crippen molar-refractivity contribution in [2.45, 2.75) is 27.2 Å². The molecule has 0 unspecified atom stereocenters. The van der Waals surface area contributed by atoms with E-state index in [1.54, 1.807) is 0 Å². The molecule has 0 bridgehead atoms. The third-order valence-corrected chi connectivity index (χ3v) is 2.65. The van der Waals surface area contributed by atoms with Gasteiger partial charge in [0, 0.05) is 17.9 Å². The highest BCUT2D eigenvalue weighted by Gasteiger charge is 2.01. The van der Waals surface area contributed by atoms with Crippen molar-refractivity contribution < 1.29 is 9.47 Å². The normalized spacial score (nSPS) is 10.8. The van der Waals surface area contributed by atoms with Crippen LogP contribution >= 0.6 is 0 Å². The summed E-state index contributed by atoms with van der Waals surface area (Å²) in [6, 6.07) is 5.71. The van der Waals surface area contributed by atoms with Gasteiger partial charge >= 0.3 is 0 Å². The van der Waals surface area contributed by atoms with Crippen LogP contribution in [0.2, 0.25) is 0 Å². The second kappa shape index (κ2) is 7.17. The predicted octanol–water partition coefficient (Wildman–Crippen LogP) is 3.02. The molecule has 3 heteroatoms. The lowest BCUT2D eigenvalue weighted by atomic mass is 10.1. The fourth-order valence-electron chi connectivity index (χ4n) is 1.42. The van der Waals surface area contributed by atoms with Crippen molar-refractivity contribution in [2.75, 3.05) is 25.6 Å². The Hall–Kier alpha value is -1.22. The van der Waals surface area contributed by atoms with Crippen molar-refractivity contribution >= 4 is 5.69 Å². The maximum absolute atomic E-state index is 5.79. The number of ether oxygens (including phenoxy) is 2. The number of nitrogens with two attached hydrogens (primary N) is 1. The first-order chi connectivity index (χ1) is 8.11. The SMILES string of the molecule is Cc1c(N)cccc1OCCOCCC(C)C. The van der Waals surface area contributed by atoms with E-state index in [1.807, 2.05) is 25.1 Å². The number of hydrogen-bond donors (Lipinski definition) is 1. The van der Waals surface area contributed by atoms with Crippen LogP contribution in [0.25, 0.3) is 0 Å². The molecule has 0 amide bonds. The first-order valence-corrected chi connectivity index (χ1v) is 6.17. The molecule has 1 aromatic rings. The number of anilines is 1. The summed E-state index contributed by atoms with van der Waals surface area (Å²) >= 11 is 0. The quantitative estimate of drug-likeness (QED) is 0.585. The molecule has 0 aromatic heterocycles. The average Bonchev–Trinajstić information content (AvgIpc) is 2.28. The third-order valence-electron chi connectivity index (χ3n) is 2.65. The fourth-order valence-corrected chi connectivity index (χ4v) is 1.42. The summed E-state index contributed by atoms with van der Waals surface area (Å²) in [6.07, 6.45) is 1.09. The van der Waals surface area contributed by atoms with Gasteiger partial charge in [0.1, 0.15) is 12.4 Å². The summed E-state index contributed by atoms with van der Waals surface area (Å²) in [5.74, 6) is 1.53. The van der Waals surface area contributed by atoms with Crippen molar-refractivity contribution in [1.82, 2.24) is 0 Å². The summed E-state index contributed by atoms with van der Waals surface area (Å²) in [5.41, 5.74) is 7.56. The van der Waals surface area contributed by atoms with Crippen molar-refractivity contribution in [1.29, 1.82) is 0 Å². The highest BCUT2D eigenvalue weighted by molar-refractivity contribution is 5.53. The molecular formula is C14H23NO2. The van der Waals surface area contributed by atoms with Gasteiger partial charge in [0.15, 0.2) is 0 Å². The summed E-state index contributed by atoms with van der Waals surface area (Å²) < 4.78 is 11.1. The van der Waals surface area contributed by atoms with Gasteiger partial charge in [-0.15, -0.1) is 0 Å². The Balaban J connectivity index is 2.20. The van der Waals surface area contributed by atoms with Crippen molar-refractivity contribution in [2.24, 2.45) is 5.92 Å². The predicted molar refractivity (Wildman–Crippen MR) is 71.4 cm³/mol. The Morgan fingerprint density at radius 3 is 2.65 bits per heavy atom. The highest BCUT2D eigenvalue weighted by atomic mass is 16.5. The van der Waals surface area contributed by atoms with E-state index in [1.165, 1.54) is 0 Å². The third kappa shape index (κ3) is 5.09. The zero-order valence-corrected chi connectivity index (χ0v) is 11.0. The van der Waals surface area contributed by atoms with Crippen LogP contribution in [0.5, 0.6) is 5.75 Å². The first-order valence-electron chi connectivity index (χ1n) is 6.17. The molecule has 0 saturated heterocycles. The molecule has 17 heavy (non-hydrogen) atoms. The molecule has 0 radical (unpaired) electrons. The van der Waals surface area contributed by atoms with Gasteiger partial charge < -0.3 is 15.2 Å². The fraction of sp³-hybridized carbons (Fsp3) is 0.571. The smallest absolute Gasteiger partial charge is 0.124 e. The highest BCUT2D eigenvalue weighted by Crippen LogP contribution is 2.22. The van der Waals surface area contributed by atoms with Crippen molar-refractivity contribution in [3.63, 3.8) is 0 Å². The van der Waals surface area contributed by atoms with E-state index in [0.717, 1.165) is 30.0 Å². The van der Waals surface area contributed by atoms with Crippen LogP contribution in [0, 0.1) is 12.8 Å². The van der Waals surface area contributed by atoms with Gasteiger partial charge in [0.2, 0.25) is 0 Å². The first kappa shape index (κ1) is 13.8. The minimum Gasteiger partial charge on any atom is -0.491 e. The average molecular weight is 237 g/mol. The van der Waals surface area contributed by atoms with Crippen LogP contribution in [-0.2, 0) is 4.74 Å². The molecule has 0 aliphatic rings. The molecule has 0 saturated carbocycles. The monoisotopic (exact) mass is 237 g/mol. The Kier molecular flexibility index (Phi) is 5.84. The number of hydrogen-bond acceptors (Lipinski definition) is 3. The number of nitrogen functional groups attached to an aromatic ring is 1. The topological polar surface area (TPSA) is 44.5 Å².